The van der Waals surface area contributed by atoms with Gasteiger partial charge in [-0.3, -0.25) is 4.68 Å². The summed E-state index contributed by atoms with van der Waals surface area (Å²) >= 11 is 0. The van der Waals surface area contributed by atoms with Gasteiger partial charge in [-0.15, -0.1) is 0 Å². The lowest BCUT2D eigenvalue weighted by atomic mass is 10.1. The summed E-state index contributed by atoms with van der Waals surface area (Å²) in [5.74, 6) is 0. The maximum absolute atomic E-state index is 5.65. The third kappa shape index (κ3) is 3.82. The van der Waals surface area contributed by atoms with Gasteiger partial charge in [0.1, 0.15) is 0 Å². The van der Waals surface area contributed by atoms with Crippen molar-refractivity contribution >= 4 is 0 Å². The average Bonchev–Trinajstić information content (AvgIpc) is 3.01. The van der Waals surface area contributed by atoms with E-state index in [0.29, 0.717) is 0 Å². The van der Waals surface area contributed by atoms with Crippen molar-refractivity contribution in [2.24, 2.45) is 12.8 Å². The first-order chi connectivity index (χ1) is 8.79. The lowest BCUT2D eigenvalue weighted by molar-refractivity contribution is 0.199. The van der Waals surface area contributed by atoms with Crippen molar-refractivity contribution in [3.8, 4) is 0 Å². The molecule has 1 saturated carbocycles. The van der Waals surface area contributed by atoms with Crippen LogP contribution in [0.1, 0.15) is 37.7 Å². The van der Waals surface area contributed by atoms with Crippen LogP contribution >= 0.6 is 0 Å². The van der Waals surface area contributed by atoms with Crippen molar-refractivity contribution in [1.82, 2.24) is 14.7 Å². The molecule has 0 bridgehead atoms. The molecule has 4 heteroatoms. The number of hydrogen-bond donors (Lipinski definition) is 1. The summed E-state index contributed by atoms with van der Waals surface area (Å²) in [6.45, 7) is 3.11. The minimum Gasteiger partial charge on any atom is -0.330 e. The van der Waals surface area contributed by atoms with Gasteiger partial charge in [0.25, 0.3) is 0 Å². The number of rotatable bonds is 7. The van der Waals surface area contributed by atoms with Gasteiger partial charge in [0.2, 0.25) is 0 Å². The zero-order valence-corrected chi connectivity index (χ0v) is 11.5. The van der Waals surface area contributed by atoms with Crippen LogP contribution in [0.15, 0.2) is 12.4 Å². The first-order valence-electron chi connectivity index (χ1n) is 7.21. The van der Waals surface area contributed by atoms with E-state index in [1.165, 1.54) is 31.2 Å². The van der Waals surface area contributed by atoms with Crippen molar-refractivity contribution in [2.75, 3.05) is 19.6 Å². The normalized spacial score (nSPS) is 16.8. The molecule has 0 unspecified atom stereocenters. The van der Waals surface area contributed by atoms with Crippen LogP contribution in [0.4, 0.5) is 0 Å². The van der Waals surface area contributed by atoms with Crippen LogP contribution in [0.2, 0.25) is 0 Å². The predicted molar refractivity (Wildman–Crippen MR) is 74.4 cm³/mol. The SMILES string of the molecule is Cn1cc(CCN(CCCN)C2CCCC2)cn1. The van der Waals surface area contributed by atoms with E-state index in [-0.39, 0.29) is 0 Å². The highest BCUT2D eigenvalue weighted by atomic mass is 15.2. The molecular weight excluding hydrogens is 224 g/mol. The fourth-order valence-electron chi connectivity index (χ4n) is 2.91. The summed E-state index contributed by atoms with van der Waals surface area (Å²) in [5.41, 5.74) is 6.99. The maximum Gasteiger partial charge on any atom is 0.0522 e. The van der Waals surface area contributed by atoms with Crippen molar-refractivity contribution in [1.29, 1.82) is 0 Å². The van der Waals surface area contributed by atoms with Gasteiger partial charge in [-0.2, -0.15) is 5.10 Å². The Balaban J connectivity index is 1.83. The standard InChI is InChI=1S/C14H26N4/c1-17-12-13(11-16-17)7-10-18(9-4-8-15)14-5-2-3-6-14/h11-12,14H,2-10,15H2,1H3. The molecule has 18 heavy (non-hydrogen) atoms. The fourth-order valence-corrected chi connectivity index (χ4v) is 2.91. The summed E-state index contributed by atoms with van der Waals surface area (Å²) < 4.78 is 1.88. The molecular formula is C14H26N4. The number of aryl methyl sites for hydroxylation is 1. The Labute approximate surface area is 110 Å². The first kappa shape index (κ1) is 13.6. The lowest BCUT2D eigenvalue weighted by Crippen LogP contribution is -2.36. The van der Waals surface area contributed by atoms with Gasteiger partial charge >= 0.3 is 0 Å². The van der Waals surface area contributed by atoms with E-state index < -0.39 is 0 Å². The van der Waals surface area contributed by atoms with Gasteiger partial charge in [-0.05, 0) is 44.3 Å². The molecule has 0 radical (unpaired) electrons. The molecule has 1 fully saturated rings. The van der Waals surface area contributed by atoms with E-state index in [0.717, 1.165) is 38.5 Å². The Morgan fingerprint density at radius 1 is 1.39 bits per heavy atom. The van der Waals surface area contributed by atoms with Gasteiger partial charge in [-0.1, -0.05) is 12.8 Å². The van der Waals surface area contributed by atoms with Crippen molar-refractivity contribution in [3.63, 3.8) is 0 Å². The topological polar surface area (TPSA) is 47.1 Å². The van der Waals surface area contributed by atoms with Gasteiger partial charge in [0.05, 0.1) is 6.20 Å². The second-order valence-electron chi connectivity index (χ2n) is 5.39. The van der Waals surface area contributed by atoms with Crippen LogP contribution in [0.5, 0.6) is 0 Å². The van der Waals surface area contributed by atoms with E-state index >= 15 is 0 Å². The van der Waals surface area contributed by atoms with E-state index in [2.05, 4.69) is 16.2 Å². The van der Waals surface area contributed by atoms with Crippen LogP contribution < -0.4 is 5.73 Å². The number of nitrogens with two attached hydrogens (primary N) is 1. The van der Waals surface area contributed by atoms with Crippen LogP contribution in [0.25, 0.3) is 0 Å². The van der Waals surface area contributed by atoms with E-state index in [1.807, 2.05) is 17.9 Å². The van der Waals surface area contributed by atoms with Crippen molar-refractivity contribution < 1.29 is 0 Å². The van der Waals surface area contributed by atoms with E-state index in [1.54, 1.807) is 0 Å². The molecule has 2 rings (SSSR count). The van der Waals surface area contributed by atoms with Crippen LogP contribution in [-0.4, -0.2) is 40.4 Å². The summed E-state index contributed by atoms with van der Waals surface area (Å²) in [6.07, 6.45) is 11.9. The predicted octanol–water partition coefficient (Wildman–Crippen LogP) is 1.56. The highest BCUT2D eigenvalue weighted by Gasteiger charge is 2.21. The van der Waals surface area contributed by atoms with E-state index in [9.17, 15) is 0 Å². The third-order valence-electron chi connectivity index (χ3n) is 3.94. The molecule has 1 aromatic rings. The van der Waals surface area contributed by atoms with E-state index in [4.69, 9.17) is 5.73 Å². The van der Waals surface area contributed by atoms with Crippen molar-refractivity contribution in [3.05, 3.63) is 18.0 Å². The zero-order valence-electron chi connectivity index (χ0n) is 11.5. The van der Waals surface area contributed by atoms with Crippen molar-refractivity contribution in [2.45, 2.75) is 44.6 Å². The molecule has 4 nitrogen and oxygen atoms in total. The summed E-state index contributed by atoms with van der Waals surface area (Å²) in [4.78, 5) is 2.65. The minimum absolute atomic E-state index is 0.799. The smallest absolute Gasteiger partial charge is 0.0522 e. The largest absolute Gasteiger partial charge is 0.330 e. The molecule has 102 valence electrons. The quantitative estimate of drug-likeness (QED) is 0.799. The van der Waals surface area contributed by atoms with Gasteiger partial charge in [-0.25, -0.2) is 0 Å². The van der Waals surface area contributed by atoms with Gasteiger partial charge in [0, 0.05) is 25.8 Å². The maximum atomic E-state index is 5.65. The third-order valence-corrected chi connectivity index (χ3v) is 3.94. The lowest BCUT2D eigenvalue weighted by Gasteiger charge is -2.28. The monoisotopic (exact) mass is 250 g/mol. The molecule has 0 atom stereocenters. The number of aromatic nitrogens is 2. The number of hydrogen-bond acceptors (Lipinski definition) is 3. The first-order valence-corrected chi connectivity index (χ1v) is 7.21. The van der Waals surface area contributed by atoms with Crippen LogP contribution in [0, 0.1) is 0 Å². The second-order valence-corrected chi connectivity index (χ2v) is 5.39. The molecule has 1 heterocycles. The molecule has 0 spiro atoms. The highest BCUT2D eigenvalue weighted by molar-refractivity contribution is 5.04. The number of nitrogens with zero attached hydrogens (tertiary/aromatic N) is 3. The van der Waals surface area contributed by atoms with Gasteiger partial charge < -0.3 is 10.6 Å². The molecule has 0 aromatic carbocycles. The molecule has 0 aliphatic heterocycles. The average molecular weight is 250 g/mol. The van der Waals surface area contributed by atoms with Crippen LogP contribution in [-0.2, 0) is 13.5 Å². The molecule has 0 saturated heterocycles. The highest BCUT2D eigenvalue weighted by Crippen LogP contribution is 2.23. The Morgan fingerprint density at radius 2 is 2.17 bits per heavy atom. The second kappa shape index (κ2) is 6.90. The Morgan fingerprint density at radius 3 is 2.78 bits per heavy atom. The molecule has 1 aromatic heterocycles. The summed E-state index contributed by atoms with van der Waals surface area (Å²) in [6, 6.07) is 0.799. The minimum atomic E-state index is 0.799. The Bertz CT molecular complexity index is 341. The summed E-state index contributed by atoms with van der Waals surface area (Å²) in [7, 11) is 1.98. The van der Waals surface area contributed by atoms with Crippen LogP contribution in [0.3, 0.4) is 0 Å². The molecule has 1 aliphatic rings. The molecule has 2 N–H and O–H groups in total. The van der Waals surface area contributed by atoms with Gasteiger partial charge in [0.15, 0.2) is 0 Å². The zero-order chi connectivity index (χ0) is 12.8. The molecule has 0 amide bonds. The Hall–Kier alpha value is -0.870. The Kier molecular flexibility index (Phi) is 5.20. The fraction of sp³-hybridized carbons (Fsp3) is 0.786. The summed E-state index contributed by atoms with van der Waals surface area (Å²) in [5, 5.41) is 4.23. The molecule has 1 aliphatic carbocycles.